The number of carbonyl (C=O) groups is 2. The molecule has 3 rings (SSSR count). The smallest absolute Gasteiger partial charge is 0.257 e. The molecule has 126 valence electrons. The molecule has 2 aromatic rings. The summed E-state index contributed by atoms with van der Waals surface area (Å²) in [5, 5.41) is 3.75. The molecule has 2 amide bonds. The number of nitrogens with two attached hydrogens (primary N) is 1. The van der Waals surface area contributed by atoms with Crippen LogP contribution in [0.3, 0.4) is 0 Å². The first-order valence-corrected chi connectivity index (χ1v) is 9.20. The number of fused-ring (bicyclic) bond motifs is 1. The first kappa shape index (κ1) is 17.0. The van der Waals surface area contributed by atoms with Crippen molar-refractivity contribution in [3.63, 3.8) is 0 Å². The highest BCUT2D eigenvalue weighted by Gasteiger charge is 2.28. The second-order valence-electron chi connectivity index (χ2n) is 6.02. The molecule has 1 aliphatic rings. The van der Waals surface area contributed by atoms with E-state index < -0.39 is 5.91 Å². The molecule has 3 N–H and O–H groups in total. The summed E-state index contributed by atoms with van der Waals surface area (Å²) in [6.07, 6.45) is 3.95. The van der Waals surface area contributed by atoms with Crippen LogP contribution in [0.1, 0.15) is 50.9 Å². The van der Waals surface area contributed by atoms with Crippen LogP contribution in [0, 0.1) is 5.92 Å². The fraction of sp³-hybridized carbons (Fsp3) is 0.333. The molecule has 24 heavy (non-hydrogen) atoms. The van der Waals surface area contributed by atoms with Gasteiger partial charge in [0.2, 0.25) is 0 Å². The van der Waals surface area contributed by atoms with Crippen molar-refractivity contribution in [2.75, 3.05) is 5.32 Å². The number of benzene rings is 1. The summed E-state index contributed by atoms with van der Waals surface area (Å²) in [6.45, 7) is 2.18. The van der Waals surface area contributed by atoms with Crippen LogP contribution in [-0.2, 0) is 12.8 Å². The molecule has 1 aromatic carbocycles. The third kappa shape index (κ3) is 3.19. The topological polar surface area (TPSA) is 72.2 Å². The Kier molecular flexibility index (Phi) is 4.92. The molecular weight excluding hydrogens is 344 g/mol. The first-order chi connectivity index (χ1) is 11.5. The van der Waals surface area contributed by atoms with Crippen molar-refractivity contribution in [3.8, 4) is 0 Å². The molecule has 0 aliphatic heterocycles. The number of anilines is 1. The van der Waals surface area contributed by atoms with Crippen molar-refractivity contribution in [3.05, 3.63) is 50.9 Å². The molecule has 0 radical (unpaired) electrons. The lowest BCUT2D eigenvalue weighted by molar-refractivity contribution is 0.1000. The summed E-state index contributed by atoms with van der Waals surface area (Å²) in [5.74, 6) is -0.186. The van der Waals surface area contributed by atoms with Gasteiger partial charge in [0.05, 0.1) is 16.1 Å². The zero-order valence-electron chi connectivity index (χ0n) is 13.4. The van der Waals surface area contributed by atoms with Gasteiger partial charge in [-0.1, -0.05) is 37.1 Å². The minimum absolute atomic E-state index is 0.325. The highest BCUT2D eigenvalue weighted by molar-refractivity contribution is 7.17. The maximum absolute atomic E-state index is 12.5. The highest BCUT2D eigenvalue weighted by atomic mass is 35.5. The van der Waals surface area contributed by atoms with Gasteiger partial charge < -0.3 is 11.1 Å². The minimum atomic E-state index is -0.489. The second kappa shape index (κ2) is 6.95. The highest BCUT2D eigenvalue weighted by Crippen LogP contribution is 2.40. The van der Waals surface area contributed by atoms with Gasteiger partial charge in [-0.15, -0.1) is 11.3 Å². The van der Waals surface area contributed by atoms with Crippen molar-refractivity contribution in [1.29, 1.82) is 0 Å². The molecule has 4 nitrogen and oxygen atoms in total. The van der Waals surface area contributed by atoms with E-state index in [9.17, 15) is 9.59 Å². The van der Waals surface area contributed by atoms with E-state index in [-0.39, 0.29) is 5.91 Å². The lowest BCUT2D eigenvalue weighted by Gasteiger charge is -2.20. The number of thiophene rings is 1. The number of primary amides is 1. The van der Waals surface area contributed by atoms with Gasteiger partial charge in [-0.25, -0.2) is 0 Å². The van der Waals surface area contributed by atoms with Crippen LogP contribution in [0.5, 0.6) is 0 Å². The number of hydrogen-bond donors (Lipinski definition) is 2. The standard InChI is InChI=1S/C18H19ClN2O2S/c1-2-10-7-8-12-14(9-10)24-18(15(12)16(20)22)21-17(23)11-5-3-4-6-13(11)19/h3-6,10H,2,7-9H2,1H3,(H2,20,22)(H,21,23)/t10-/m0/s1. The number of carbonyl (C=O) groups excluding carboxylic acids is 2. The van der Waals surface area contributed by atoms with Crippen LogP contribution in [-0.4, -0.2) is 11.8 Å². The molecule has 1 atom stereocenters. The van der Waals surface area contributed by atoms with Gasteiger partial charge in [0.1, 0.15) is 5.00 Å². The van der Waals surface area contributed by atoms with Crippen molar-refractivity contribution in [2.45, 2.75) is 32.6 Å². The lowest BCUT2D eigenvalue weighted by Crippen LogP contribution is -2.19. The predicted octanol–water partition coefficient (Wildman–Crippen LogP) is 4.27. The Bertz CT molecular complexity index is 800. The molecule has 0 fully saturated rings. The zero-order valence-corrected chi connectivity index (χ0v) is 15.0. The van der Waals surface area contributed by atoms with Crippen LogP contribution in [0.4, 0.5) is 5.00 Å². The fourth-order valence-corrected chi connectivity index (χ4v) is 4.75. The van der Waals surface area contributed by atoms with Crippen molar-refractivity contribution in [2.24, 2.45) is 11.7 Å². The van der Waals surface area contributed by atoms with Crippen LogP contribution in [0.2, 0.25) is 5.02 Å². The maximum Gasteiger partial charge on any atom is 0.257 e. The number of halogens is 1. The van der Waals surface area contributed by atoms with Crippen LogP contribution in [0.15, 0.2) is 24.3 Å². The number of hydrogen-bond acceptors (Lipinski definition) is 3. The van der Waals surface area contributed by atoms with Crippen LogP contribution >= 0.6 is 22.9 Å². The van der Waals surface area contributed by atoms with E-state index in [0.717, 1.165) is 36.1 Å². The van der Waals surface area contributed by atoms with E-state index in [4.69, 9.17) is 17.3 Å². The normalized spacial score (nSPS) is 16.5. The molecule has 1 aromatic heterocycles. The van der Waals surface area contributed by atoms with Crippen molar-refractivity contribution in [1.82, 2.24) is 0 Å². The maximum atomic E-state index is 12.5. The van der Waals surface area contributed by atoms with Crippen molar-refractivity contribution >= 4 is 39.8 Å². The third-order valence-corrected chi connectivity index (χ3v) is 6.04. The molecule has 0 saturated carbocycles. The Balaban J connectivity index is 1.94. The molecule has 0 saturated heterocycles. The minimum Gasteiger partial charge on any atom is -0.365 e. The summed E-state index contributed by atoms with van der Waals surface area (Å²) in [5.41, 5.74) is 7.44. The molecule has 0 unspecified atom stereocenters. The largest absolute Gasteiger partial charge is 0.365 e. The van der Waals surface area contributed by atoms with Gasteiger partial charge in [0.15, 0.2) is 0 Å². The van der Waals surface area contributed by atoms with Gasteiger partial charge >= 0.3 is 0 Å². The third-order valence-electron chi connectivity index (χ3n) is 4.54. The summed E-state index contributed by atoms with van der Waals surface area (Å²) in [4.78, 5) is 25.6. The zero-order chi connectivity index (χ0) is 17.3. The van der Waals surface area contributed by atoms with Gasteiger partial charge in [0, 0.05) is 4.88 Å². The van der Waals surface area contributed by atoms with E-state index in [2.05, 4.69) is 12.2 Å². The SMILES string of the molecule is CC[C@H]1CCc2c(sc(NC(=O)c3ccccc3Cl)c2C(N)=O)C1. The molecular formula is C18H19ClN2O2S. The van der Waals surface area contributed by atoms with Crippen LogP contribution < -0.4 is 11.1 Å². The first-order valence-electron chi connectivity index (χ1n) is 8.01. The van der Waals surface area contributed by atoms with E-state index in [1.165, 1.54) is 11.3 Å². The van der Waals surface area contributed by atoms with Gasteiger partial charge in [-0.3, -0.25) is 9.59 Å². The lowest BCUT2D eigenvalue weighted by atomic mass is 9.85. The Hall–Kier alpha value is -1.85. The van der Waals surface area contributed by atoms with Crippen LogP contribution in [0.25, 0.3) is 0 Å². The van der Waals surface area contributed by atoms with Gasteiger partial charge in [0.25, 0.3) is 11.8 Å². The van der Waals surface area contributed by atoms with Gasteiger partial charge in [-0.05, 0) is 42.9 Å². The number of nitrogens with one attached hydrogen (secondary N) is 1. The van der Waals surface area contributed by atoms with E-state index in [1.807, 2.05) is 0 Å². The molecule has 1 aliphatic carbocycles. The number of rotatable bonds is 4. The average Bonchev–Trinajstić information content (AvgIpc) is 2.91. The molecule has 0 spiro atoms. The second-order valence-corrected chi connectivity index (χ2v) is 7.54. The summed E-state index contributed by atoms with van der Waals surface area (Å²) < 4.78 is 0. The van der Waals surface area contributed by atoms with Crippen molar-refractivity contribution < 1.29 is 9.59 Å². The summed E-state index contributed by atoms with van der Waals surface area (Å²) in [7, 11) is 0. The molecule has 6 heteroatoms. The Morgan fingerprint density at radius 1 is 1.38 bits per heavy atom. The predicted molar refractivity (Wildman–Crippen MR) is 98.0 cm³/mol. The molecule has 1 heterocycles. The summed E-state index contributed by atoms with van der Waals surface area (Å²) in [6, 6.07) is 6.84. The average molecular weight is 363 g/mol. The quantitative estimate of drug-likeness (QED) is 0.852. The van der Waals surface area contributed by atoms with E-state index >= 15 is 0 Å². The van der Waals surface area contributed by atoms with E-state index in [1.54, 1.807) is 24.3 Å². The summed E-state index contributed by atoms with van der Waals surface area (Å²) >= 11 is 7.54. The Morgan fingerprint density at radius 3 is 2.79 bits per heavy atom. The van der Waals surface area contributed by atoms with Gasteiger partial charge in [-0.2, -0.15) is 0 Å². The monoisotopic (exact) mass is 362 g/mol. The fourth-order valence-electron chi connectivity index (χ4n) is 3.17. The van der Waals surface area contributed by atoms with E-state index in [0.29, 0.717) is 27.1 Å². The number of amides is 2. The Morgan fingerprint density at radius 2 is 2.12 bits per heavy atom. The molecule has 0 bridgehead atoms. The Labute approximate surface area is 150 Å².